The van der Waals surface area contributed by atoms with E-state index in [9.17, 15) is 40.3 Å². The molecule has 5 aromatic rings. The first-order valence-corrected chi connectivity index (χ1v) is 24.5. The maximum atomic E-state index is 12.4. The van der Waals surface area contributed by atoms with Crippen LogP contribution < -0.4 is 86.2 Å². The van der Waals surface area contributed by atoms with Crippen molar-refractivity contribution in [3.63, 3.8) is 0 Å². The Bertz CT molecular complexity index is 2450. The van der Waals surface area contributed by atoms with E-state index in [0.717, 1.165) is 49.5 Å². The Morgan fingerprint density at radius 1 is 0.687 bits per heavy atom. The number of nitrogens with zero attached hydrogens (tertiary/aromatic N) is 5. The van der Waals surface area contributed by atoms with Crippen molar-refractivity contribution in [2.24, 2.45) is 20.0 Å². The number of para-hydroxylation sites is 2. The molecule has 1 atom stereocenters. The summed E-state index contributed by atoms with van der Waals surface area (Å²) in [5.74, 6) is -1.05. The van der Waals surface area contributed by atoms with Gasteiger partial charge in [-0.3, -0.25) is 24.3 Å². The molecule has 67 heavy (non-hydrogen) atoms. The van der Waals surface area contributed by atoms with Crippen LogP contribution in [0.4, 0.5) is 0 Å². The molecule has 2 heterocycles. The quantitative estimate of drug-likeness (QED) is 0.0390. The molecule has 22 heteroatoms. The molecule has 0 fully saturated rings. The molecule has 0 amide bonds. The molecule has 0 radical (unpaired) electrons. The number of ether oxygens (including phenoxy) is 1. The number of carbonyl (C=O) groups excluding carboxylic acids is 1. The van der Waals surface area contributed by atoms with Gasteiger partial charge in [-0.1, -0.05) is 94.4 Å². The van der Waals surface area contributed by atoms with Crippen molar-refractivity contribution < 1.29 is 94.6 Å². The summed E-state index contributed by atoms with van der Waals surface area (Å²) in [6.07, 6.45) is 0.896. The molecule has 0 saturated carbocycles. The fourth-order valence-corrected chi connectivity index (χ4v) is 7.33. The van der Waals surface area contributed by atoms with E-state index in [2.05, 4.69) is 48.5 Å². The summed E-state index contributed by atoms with van der Waals surface area (Å²) in [5.41, 5.74) is 4.21. The maximum absolute atomic E-state index is 12.4. The number of hydrogen-bond donors (Lipinski definition) is 3. The van der Waals surface area contributed by atoms with E-state index >= 15 is 0 Å². The van der Waals surface area contributed by atoms with E-state index in [-0.39, 0.29) is 95.3 Å². The van der Waals surface area contributed by atoms with E-state index in [4.69, 9.17) is 4.74 Å². The molecule has 2 aromatic heterocycles. The third-order valence-electron chi connectivity index (χ3n) is 10.5. The van der Waals surface area contributed by atoms with Crippen molar-refractivity contribution in [3.8, 4) is 11.4 Å². The van der Waals surface area contributed by atoms with Gasteiger partial charge in [-0.15, -0.1) is 0 Å². The molecular formula is C45H64N8Na2O10S2. The van der Waals surface area contributed by atoms with E-state index < -0.39 is 32.0 Å². The molecule has 0 aliphatic heterocycles. The summed E-state index contributed by atoms with van der Waals surface area (Å²) in [4.78, 5) is 39.7. The molecule has 1 unspecified atom stereocenters. The molecule has 358 valence electrons. The Morgan fingerprint density at radius 3 is 1.43 bits per heavy atom. The molecule has 0 spiro atoms. The van der Waals surface area contributed by atoms with Crippen molar-refractivity contribution >= 4 is 26.2 Å². The molecule has 0 aliphatic rings. The van der Waals surface area contributed by atoms with Gasteiger partial charge in [-0.25, -0.2) is 31.0 Å². The van der Waals surface area contributed by atoms with Gasteiger partial charge in [0.2, 0.25) is 0 Å². The first kappa shape index (κ1) is 61.8. The van der Waals surface area contributed by atoms with Gasteiger partial charge in [0, 0.05) is 51.7 Å². The van der Waals surface area contributed by atoms with E-state index in [1.165, 1.54) is 9.36 Å². The van der Waals surface area contributed by atoms with Gasteiger partial charge < -0.3 is 29.4 Å². The first-order chi connectivity index (χ1) is 30.7. The largest absolute Gasteiger partial charge is 1.00 e. The smallest absolute Gasteiger partial charge is 0.747 e. The number of benzene rings is 3. The van der Waals surface area contributed by atoms with Gasteiger partial charge in [-0.2, -0.15) is 0 Å². The van der Waals surface area contributed by atoms with Gasteiger partial charge >= 0.3 is 65.1 Å². The molecular weight excluding hydrogens is 923 g/mol. The number of likely N-dealkylation sites (N-methyl/N-ethyl adjacent to an activating group) is 1. The topological polar surface area (TPSA) is 234 Å². The summed E-state index contributed by atoms with van der Waals surface area (Å²) in [5, 5.41) is 8.33. The second kappa shape index (κ2) is 30.4. The monoisotopic (exact) mass is 986 g/mol. The molecule has 0 bridgehead atoms. The summed E-state index contributed by atoms with van der Waals surface area (Å²) < 4.78 is 75.3. The van der Waals surface area contributed by atoms with Crippen LogP contribution in [0.1, 0.15) is 68.2 Å². The Kier molecular flexibility index (Phi) is 28.1. The van der Waals surface area contributed by atoms with Crippen molar-refractivity contribution in [2.45, 2.75) is 67.1 Å². The van der Waals surface area contributed by atoms with Crippen molar-refractivity contribution in [3.05, 3.63) is 140 Å². The van der Waals surface area contributed by atoms with Crippen LogP contribution in [-0.2, 0) is 57.0 Å². The van der Waals surface area contributed by atoms with Crippen LogP contribution in [0.3, 0.4) is 0 Å². The number of carbonyl (C=O) groups is 1. The minimum Gasteiger partial charge on any atom is -0.747 e. The molecule has 5 rings (SSSR count). The fourth-order valence-electron chi connectivity index (χ4n) is 6.62. The standard InChI is InChI=1S/C19H32N2O2.2C13H17N3O4S.2Na/c1-5-21(6-2)14-13-20-18(17-10-8-7-9-11-17)19(22)23-15-12-16(3)4;2*1-10-12(8-14-9-21(18,19)20)13(17)16(15(10)2)11-6-4-3-5-7-11;;/h7-11,16,18,20H,5-6,12-15H2,1-4H3;2*3-7,14H,8-9H2,1-2H3,(H,18,19,20);;/q;;;2*+1/p-2. The van der Waals surface area contributed by atoms with E-state index in [1.807, 2.05) is 66.7 Å². The van der Waals surface area contributed by atoms with Gasteiger partial charge in [0.05, 0.1) is 40.9 Å². The normalized spacial score (nSPS) is 11.7. The Hall–Kier alpha value is -3.19. The van der Waals surface area contributed by atoms with Crippen LogP contribution in [0.25, 0.3) is 11.4 Å². The zero-order valence-corrected chi connectivity index (χ0v) is 46.2. The number of esters is 1. The molecule has 3 aromatic carbocycles. The zero-order chi connectivity index (χ0) is 48.3. The third-order valence-corrected chi connectivity index (χ3v) is 11.6. The van der Waals surface area contributed by atoms with E-state index in [0.29, 0.717) is 35.0 Å². The molecule has 18 nitrogen and oxygen atoms in total. The second-order valence-electron chi connectivity index (χ2n) is 15.5. The number of aromatic nitrogens is 4. The van der Waals surface area contributed by atoms with Gasteiger partial charge in [0.25, 0.3) is 11.1 Å². The van der Waals surface area contributed by atoms with Crippen LogP contribution in [0.5, 0.6) is 0 Å². The third kappa shape index (κ3) is 20.4. The predicted octanol–water partition coefficient (Wildman–Crippen LogP) is -2.59. The molecule has 3 N–H and O–H groups in total. The number of rotatable bonds is 21. The van der Waals surface area contributed by atoms with Crippen molar-refractivity contribution in [1.29, 1.82) is 0 Å². The first-order valence-electron chi connectivity index (χ1n) is 21.3. The molecule has 0 saturated heterocycles. The Balaban J connectivity index is 0.000000496. The Morgan fingerprint density at radius 2 is 1.07 bits per heavy atom. The summed E-state index contributed by atoms with van der Waals surface area (Å²) >= 11 is 0. The summed E-state index contributed by atoms with van der Waals surface area (Å²) in [6.45, 7) is 16.4. The minimum atomic E-state index is -4.35. The van der Waals surface area contributed by atoms with Gasteiger partial charge in [0.15, 0.2) is 0 Å². The van der Waals surface area contributed by atoms with Crippen molar-refractivity contribution in [2.75, 3.05) is 44.5 Å². The van der Waals surface area contributed by atoms with E-state index in [1.54, 1.807) is 61.6 Å². The van der Waals surface area contributed by atoms with Crippen LogP contribution in [0.15, 0.2) is 101 Å². The zero-order valence-electron chi connectivity index (χ0n) is 40.5. The number of hydrogen-bond acceptors (Lipinski definition) is 14. The van der Waals surface area contributed by atoms with Crippen LogP contribution in [0.2, 0.25) is 0 Å². The summed E-state index contributed by atoms with van der Waals surface area (Å²) in [6, 6.07) is 27.7. The Labute approximate surface area is 439 Å². The average molecular weight is 987 g/mol. The average Bonchev–Trinajstić information content (AvgIpc) is 3.61. The number of nitrogens with one attached hydrogen (secondary N) is 3. The fraction of sp³-hybridized carbons (Fsp3) is 0.444. The molecule has 0 aliphatic carbocycles. The van der Waals surface area contributed by atoms with Gasteiger partial charge in [0.1, 0.15) is 26.3 Å². The van der Waals surface area contributed by atoms with Gasteiger partial charge in [-0.05, 0) is 69.1 Å². The summed E-state index contributed by atoms with van der Waals surface area (Å²) in [7, 11) is -5.21. The minimum absolute atomic E-state index is 0. The SMILES string of the molecule is CCN(CC)CCNC(C(=O)OCCC(C)C)c1ccccc1.Cc1c(CNCS(=O)(=O)[O-])c(=O)n(-c2ccccc2)n1C.Cc1c(CNCS(=O)(=O)[O-])c(=O)n(-c2ccccc2)n1C.[Na+].[Na+]. The second-order valence-corrected chi connectivity index (χ2v) is 18.3. The predicted molar refractivity (Wildman–Crippen MR) is 250 cm³/mol. The van der Waals surface area contributed by atoms with Crippen LogP contribution >= 0.6 is 0 Å². The van der Waals surface area contributed by atoms with Crippen molar-refractivity contribution in [1.82, 2.24) is 39.6 Å². The van der Waals surface area contributed by atoms with Crippen LogP contribution in [-0.4, -0.2) is 100 Å². The maximum Gasteiger partial charge on any atom is 1.00 e. The van der Waals surface area contributed by atoms with Crippen LogP contribution in [0, 0.1) is 19.8 Å².